The van der Waals surface area contributed by atoms with Gasteiger partial charge in [0.15, 0.2) is 11.6 Å². The Labute approximate surface area is 190 Å². The van der Waals surface area contributed by atoms with Crippen LogP contribution >= 0.6 is 0 Å². The predicted molar refractivity (Wildman–Crippen MR) is 120 cm³/mol. The van der Waals surface area contributed by atoms with E-state index in [1.807, 2.05) is 24.5 Å². The normalized spacial score (nSPS) is 13.2. The Kier molecular flexibility index (Phi) is 5.47. The van der Waals surface area contributed by atoms with Crippen LogP contribution in [0.1, 0.15) is 55.0 Å². The highest BCUT2D eigenvalue weighted by Gasteiger charge is 2.26. The van der Waals surface area contributed by atoms with E-state index in [9.17, 15) is 4.79 Å². The van der Waals surface area contributed by atoms with Gasteiger partial charge in [0.2, 0.25) is 0 Å². The summed E-state index contributed by atoms with van der Waals surface area (Å²) in [5.74, 6) is 2.89. The summed E-state index contributed by atoms with van der Waals surface area (Å²) < 4.78 is 7.71. The fraction of sp³-hybridized carbons (Fsp3) is 0.261. The van der Waals surface area contributed by atoms with Crippen molar-refractivity contribution in [1.29, 1.82) is 0 Å². The van der Waals surface area contributed by atoms with Gasteiger partial charge in [0, 0.05) is 24.2 Å². The van der Waals surface area contributed by atoms with Crippen molar-refractivity contribution in [2.24, 2.45) is 0 Å². The molecule has 1 fully saturated rings. The third-order valence-electron chi connectivity index (χ3n) is 5.14. The molecule has 1 amide bonds. The van der Waals surface area contributed by atoms with E-state index in [2.05, 4.69) is 35.5 Å². The van der Waals surface area contributed by atoms with Crippen LogP contribution in [0.3, 0.4) is 0 Å². The number of nitrogens with one attached hydrogen (secondary N) is 1. The smallest absolute Gasteiger partial charge is 0.275 e. The average Bonchev–Trinajstić information content (AvgIpc) is 3.55. The Balaban J connectivity index is 1.29. The average molecular weight is 442 g/mol. The van der Waals surface area contributed by atoms with Crippen molar-refractivity contribution >= 4 is 11.7 Å². The molecule has 10 nitrogen and oxygen atoms in total. The SMILES string of the molecule is CC(C)n1cnnc1-c1cccc(NC(=O)c2cc(Oc3cnc(C4CC4)nc3)ccn2)n1. The van der Waals surface area contributed by atoms with E-state index in [-0.39, 0.29) is 11.7 Å². The predicted octanol–water partition coefficient (Wildman–Crippen LogP) is 4.03. The standard InChI is InChI=1S/C23H22N8O2/c1-14(2)31-13-27-30-22(31)18-4-3-5-20(28-18)29-23(32)19-10-16(8-9-24-19)33-17-11-25-21(26-12-17)15-6-7-15/h3-5,8-15H,6-7H2,1-2H3,(H,28,29,32). The van der Waals surface area contributed by atoms with E-state index in [0.717, 1.165) is 18.7 Å². The summed E-state index contributed by atoms with van der Waals surface area (Å²) in [6.45, 7) is 4.07. The van der Waals surface area contributed by atoms with Gasteiger partial charge in [-0.2, -0.15) is 0 Å². The quantitative estimate of drug-likeness (QED) is 0.455. The molecular formula is C23H22N8O2. The van der Waals surface area contributed by atoms with Gasteiger partial charge in [-0.1, -0.05) is 6.07 Å². The summed E-state index contributed by atoms with van der Waals surface area (Å²) in [4.78, 5) is 30.1. The molecule has 1 aliphatic rings. The Morgan fingerprint density at radius 2 is 1.94 bits per heavy atom. The highest BCUT2D eigenvalue weighted by Crippen LogP contribution is 2.38. The highest BCUT2D eigenvalue weighted by molar-refractivity contribution is 6.02. The molecule has 4 aromatic rings. The van der Waals surface area contributed by atoms with Crippen molar-refractivity contribution in [2.45, 2.75) is 38.6 Å². The van der Waals surface area contributed by atoms with Crippen LogP contribution in [0.2, 0.25) is 0 Å². The largest absolute Gasteiger partial charge is 0.454 e. The molecule has 1 saturated carbocycles. The molecule has 0 atom stereocenters. The summed E-state index contributed by atoms with van der Waals surface area (Å²) in [7, 11) is 0. The van der Waals surface area contributed by atoms with Gasteiger partial charge in [-0.25, -0.2) is 15.0 Å². The zero-order valence-corrected chi connectivity index (χ0v) is 18.2. The Bertz CT molecular complexity index is 1280. The van der Waals surface area contributed by atoms with E-state index < -0.39 is 5.91 Å². The molecule has 1 N–H and O–H groups in total. The molecule has 0 aromatic carbocycles. The van der Waals surface area contributed by atoms with Crippen LogP contribution in [0.5, 0.6) is 11.5 Å². The van der Waals surface area contributed by atoms with Gasteiger partial charge in [-0.3, -0.25) is 9.78 Å². The molecule has 0 bridgehead atoms. The lowest BCUT2D eigenvalue weighted by molar-refractivity contribution is 0.102. The van der Waals surface area contributed by atoms with Gasteiger partial charge in [0.25, 0.3) is 5.91 Å². The number of nitrogens with zero attached hydrogens (tertiary/aromatic N) is 7. The van der Waals surface area contributed by atoms with Crippen LogP contribution < -0.4 is 10.1 Å². The number of hydrogen-bond donors (Lipinski definition) is 1. The summed E-state index contributed by atoms with van der Waals surface area (Å²) in [6.07, 6.45) is 8.74. The van der Waals surface area contributed by atoms with Crippen molar-refractivity contribution in [2.75, 3.05) is 5.32 Å². The van der Waals surface area contributed by atoms with Crippen LogP contribution in [0.15, 0.2) is 55.2 Å². The number of pyridine rings is 2. The summed E-state index contributed by atoms with van der Waals surface area (Å²) >= 11 is 0. The first-order chi connectivity index (χ1) is 16.1. The second-order valence-corrected chi connectivity index (χ2v) is 8.05. The molecule has 1 aliphatic carbocycles. The third-order valence-corrected chi connectivity index (χ3v) is 5.14. The number of ether oxygens (including phenoxy) is 1. The van der Waals surface area contributed by atoms with Gasteiger partial charge in [-0.15, -0.1) is 10.2 Å². The molecule has 33 heavy (non-hydrogen) atoms. The van der Waals surface area contributed by atoms with E-state index in [1.165, 1.54) is 6.20 Å². The maximum absolute atomic E-state index is 12.8. The first-order valence-corrected chi connectivity index (χ1v) is 10.7. The topological polar surface area (TPSA) is 121 Å². The molecule has 4 aromatic heterocycles. The van der Waals surface area contributed by atoms with E-state index in [0.29, 0.717) is 34.8 Å². The van der Waals surface area contributed by atoms with Gasteiger partial charge in [0.1, 0.15) is 35.1 Å². The van der Waals surface area contributed by atoms with Crippen molar-refractivity contribution in [3.63, 3.8) is 0 Å². The molecule has 166 valence electrons. The fourth-order valence-corrected chi connectivity index (χ4v) is 3.28. The molecule has 0 aliphatic heterocycles. The molecule has 0 spiro atoms. The molecule has 0 unspecified atom stereocenters. The second kappa shape index (κ2) is 8.73. The fourth-order valence-electron chi connectivity index (χ4n) is 3.28. The first-order valence-electron chi connectivity index (χ1n) is 10.7. The minimum absolute atomic E-state index is 0.178. The number of rotatable bonds is 7. The lowest BCUT2D eigenvalue weighted by atomic mass is 10.3. The summed E-state index contributed by atoms with van der Waals surface area (Å²) in [5.41, 5.74) is 0.805. The Hall–Kier alpha value is -4.21. The van der Waals surface area contributed by atoms with Gasteiger partial charge >= 0.3 is 0 Å². The maximum Gasteiger partial charge on any atom is 0.275 e. The zero-order chi connectivity index (χ0) is 22.8. The molecule has 5 rings (SSSR count). The van der Waals surface area contributed by atoms with E-state index >= 15 is 0 Å². The van der Waals surface area contributed by atoms with Crippen LogP contribution in [-0.4, -0.2) is 40.6 Å². The number of aromatic nitrogens is 7. The molecule has 0 radical (unpaired) electrons. The Morgan fingerprint density at radius 1 is 1.12 bits per heavy atom. The first kappa shape index (κ1) is 20.7. The molecule has 0 saturated heterocycles. The van der Waals surface area contributed by atoms with E-state index in [1.54, 1.807) is 43.0 Å². The van der Waals surface area contributed by atoms with Crippen molar-refractivity contribution < 1.29 is 9.53 Å². The van der Waals surface area contributed by atoms with Crippen molar-refractivity contribution in [1.82, 2.24) is 34.7 Å². The molecular weight excluding hydrogens is 420 g/mol. The van der Waals surface area contributed by atoms with E-state index in [4.69, 9.17) is 4.74 Å². The van der Waals surface area contributed by atoms with Crippen LogP contribution in [0.4, 0.5) is 5.82 Å². The van der Waals surface area contributed by atoms with Crippen molar-refractivity contribution in [3.8, 4) is 23.0 Å². The number of carbonyl (C=O) groups is 1. The summed E-state index contributed by atoms with van der Waals surface area (Å²) in [6, 6.07) is 8.73. The summed E-state index contributed by atoms with van der Waals surface area (Å²) in [5, 5.41) is 10.9. The Morgan fingerprint density at radius 3 is 2.70 bits per heavy atom. The van der Waals surface area contributed by atoms with Gasteiger partial charge in [-0.05, 0) is 44.9 Å². The number of anilines is 1. The lowest BCUT2D eigenvalue weighted by Gasteiger charge is -2.11. The maximum atomic E-state index is 12.8. The monoisotopic (exact) mass is 442 g/mol. The minimum Gasteiger partial charge on any atom is -0.454 e. The van der Waals surface area contributed by atoms with Crippen LogP contribution in [0.25, 0.3) is 11.5 Å². The third kappa shape index (κ3) is 4.69. The van der Waals surface area contributed by atoms with Crippen molar-refractivity contribution in [3.05, 3.63) is 66.8 Å². The van der Waals surface area contributed by atoms with Gasteiger partial charge in [0.05, 0.1) is 12.4 Å². The van der Waals surface area contributed by atoms with Crippen LogP contribution in [-0.2, 0) is 0 Å². The number of amides is 1. The lowest BCUT2D eigenvalue weighted by Crippen LogP contribution is -2.15. The second-order valence-electron chi connectivity index (χ2n) is 8.05. The highest BCUT2D eigenvalue weighted by atomic mass is 16.5. The molecule has 4 heterocycles. The number of hydrogen-bond acceptors (Lipinski definition) is 8. The van der Waals surface area contributed by atoms with Gasteiger partial charge < -0.3 is 14.6 Å². The minimum atomic E-state index is -0.407. The molecule has 10 heteroatoms. The number of carbonyl (C=O) groups excluding carboxylic acids is 1. The van der Waals surface area contributed by atoms with Crippen LogP contribution in [0, 0.1) is 0 Å². The zero-order valence-electron chi connectivity index (χ0n) is 18.2.